The molecule has 0 spiro atoms. The van der Waals surface area contributed by atoms with Crippen LogP contribution >= 0.6 is 0 Å². The molecule has 0 aliphatic heterocycles. The molecule has 24 heavy (non-hydrogen) atoms. The van der Waals surface area contributed by atoms with Crippen LogP contribution in [0.2, 0.25) is 0 Å². The monoisotopic (exact) mass is 320 g/mol. The molecule has 3 heteroatoms. The number of methoxy groups -OCH3 is 1. The van der Waals surface area contributed by atoms with Crippen molar-refractivity contribution in [1.29, 1.82) is 0 Å². The molecule has 2 aliphatic carbocycles. The molecule has 4 atom stereocenters. The van der Waals surface area contributed by atoms with Gasteiger partial charge in [0.15, 0.2) is 0 Å². The fourth-order valence-electron chi connectivity index (χ4n) is 4.75. The zero-order chi connectivity index (χ0) is 16.7. The molecule has 0 amide bonds. The van der Waals surface area contributed by atoms with Crippen LogP contribution in [-0.2, 0) is 10.2 Å². The fourth-order valence-corrected chi connectivity index (χ4v) is 4.75. The first kappa shape index (κ1) is 15.0. The van der Waals surface area contributed by atoms with Gasteiger partial charge in [0.1, 0.15) is 5.75 Å². The molecule has 2 bridgehead atoms. The largest absolute Gasteiger partial charge is 0.496 e. The molecule has 122 valence electrons. The number of para-hydroxylation sites is 1. The van der Waals surface area contributed by atoms with E-state index in [4.69, 9.17) is 4.74 Å². The van der Waals surface area contributed by atoms with Gasteiger partial charge in [-0.15, -0.1) is 0 Å². The predicted octanol–water partition coefficient (Wildman–Crippen LogP) is 4.01. The molecule has 1 saturated carbocycles. The third kappa shape index (κ3) is 2.01. The van der Waals surface area contributed by atoms with Crippen LogP contribution in [0.5, 0.6) is 5.75 Å². The Morgan fingerprint density at radius 1 is 1.12 bits per heavy atom. The Balaban J connectivity index is 1.88. The Morgan fingerprint density at radius 3 is 2.54 bits per heavy atom. The highest BCUT2D eigenvalue weighted by atomic mass is 16.5. The van der Waals surface area contributed by atoms with Gasteiger partial charge in [-0.25, -0.2) is 0 Å². The first-order chi connectivity index (χ1) is 11.7. The maximum absolute atomic E-state index is 12.3. The van der Waals surface area contributed by atoms with Gasteiger partial charge in [0.2, 0.25) is 0 Å². The van der Waals surface area contributed by atoms with E-state index in [-0.39, 0.29) is 11.8 Å². The number of hydrogen-bond acceptors (Lipinski definition) is 2. The highest BCUT2D eigenvalue weighted by Gasteiger charge is 2.59. The Morgan fingerprint density at radius 2 is 1.83 bits per heavy atom. The van der Waals surface area contributed by atoms with Crippen LogP contribution in [0.1, 0.15) is 23.5 Å². The van der Waals surface area contributed by atoms with Gasteiger partial charge in [-0.05, 0) is 24.0 Å². The van der Waals surface area contributed by atoms with Crippen molar-refractivity contribution >= 4 is 5.97 Å². The lowest BCUT2D eigenvalue weighted by molar-refractivity contribution is -0.143. The third-order valence-corrected chi connectivity index (χ3v) is 5.65. The lowest BCUT2D eigenvalue weighted by atomic mass is 9.68. The van der Waals surface area contributed by atoms with Crippen molar-refractivity contribution in [3.8, 4) is 5.75 Å². The molecule has 4 unspecified atom stereocenters. The summed E-state index contributed by atoms with van der Waals surface area (Å²) in [6.07, 6.45) is 5.13. The molecule has 0 radical (unpaired) electrons. The lowest BCUT2D eigenvalue weighted by Crippen LogP contribution is -2.37. The minimum Gasteiger partial charge on any atom is -0.496 e. The maximum Gasteiger partial charge on any atom is 0.308 e. The Bertz CT molecular complexity index is 796. The summed E-state index contributed by atoms with van der Waals surface area (Å²) in [5, 5.41) is 10.1. The van der Waals surface area contributed by atoms with E-state index in [1.807, 2.05) is 54.6 Å². The Kier molecular flexibility index (Phi) is 3.45. The molecule has 0 aromatic heterocycles. The van der Waals surface area contributed by atoms with E-state index in [0.29, 0.717) is 0 Å². The summed E-state index contributed by atoms with van der Waals surface area (Å²) in [5.74, 6) is -0.201. The number of carboxylic acid groups (broad SMARTS) is 1. The average Bonchev–Trinajstić information content (AvgIpc) is 3.20. The maximum atomic E-state index is 12.3. The molecule has 1 N–H and O–H groups in total. The summed E-state index contributed by atoms with van der Waals surface area (Å²) >= 11 is 0. The quantitative estimate of drug-likeness (QED) is 0.866. The number of allylic oxidation sites excluding steroid dienone is 2. The molecule has 2 aromatic carbocycles. The number of carbonyl (C=O) groups is 1. The van der Waals surface area contributed by atoms with Crippen molar-refractivity contribution < 1.29 is 14.6 Å². The zero-order valence-corrected chi connectivity index (χ0v) is 13.6. The molecule has 2 aliphatic rings. The summed E-state index contributed by atoms with van der Waals surface area (Å²) in [6.45, 7) is 0. The molecule has 0 saturated heterocycles. The van der Waals surface area contributed by atoms with Crippen LogP contribution in [0.4, 0.5) is 0 Å². The van der Waals surface area contributed by atoms with Crippen molar-refractivity contribution in [2.24, 2.45) is 11.8 Å². The topological polar surface area (TPSA) is 46.5 Å². The van der Waals surface area contributed by atoms with E-state index in [1.165, 1.54) is 0 Å². The van der Waals surface area contributed by atoms with E-state index < -0.39 is 17.3 Å². The van der Waals surface area contributed by atoms with Crippen molar-refractivity contribution in [3.63, 3.8) is 0 Å². The first-order valence-electron chi connectivity index (χ1n) is 8.28. The van der Waals surface area contributed by atoms with Crippen LogP contribution in [0.3, 0.4) is 0 Å². The Labute approximate surface area is 141 Å². The van der Waals surface area contributed by atoms with Crippen LogP contribution < -0.4 is 4.74 Å². The lowest BCUT2D eigenvalue weighted by Gasteiger charge is -2.35. The number of aliphatic carboxylic acids is 1. The van der Waals surface area contributed by atoms with Gasteiger partial charge in [0.25, 0.3) is 0 Å². The predicted molar refractivity (Wildman–Crippen MR) is 92.2 cm³/mol. The van der Waals surface area contributed by atoms with Gasteiger partial charge in [-0.3, -0.25) is 4.79 Å². The van der Waals surface area contributed by atoms with Crippen LogP contribution in [0.15, 0.2) is 66.7 Å². The summed E-state index contributed by atoms with van der Waals surface area (Å²) in [7, 11) is 1.64. The fraction of sp³-hybridized carbons (Fsp3) is 0.286. The van der Waals surface area contributed by atoms with Crippen molar-refractivity contribution in [2.75, 3.05) is 7.11 Å². The van der Waals surface area contributed by atoms with E-state index in [0.717, 1.165) is 23.3 Å². The van der Waals surface area contributed by atoms with Gasteiger partial charge in [0.05, 0.1) is 13.0 Å². The van der Waals surface area contributed by atoms with E-state index >= 15 is 0 Å². The smallest absolute Gasteiger partial charge is 0.308 e. The molecule has 3 nitrogen and oxygen atoms in total. The van der Waals surface area contributed by atoms with Gasteiger partial charge in [-0.1, -0.05) is 60.7 Å². The normalized spacial score (nSPS) is 30.5. The molecule has 0 heterocycles. The van der Waals surface area contributed by atoms with E-state index in [2.05, 4.69) is 12.2 Å². The van der Waals surface area contributed by atoms with Gasteiger partial charge in [-0.2, -0.15) is 0 Å². The van der Waals surface area contributed by atoms with E-state index in [9.17, 15) is 9.90 Å². The third-order valence-electron chi connectivity index (χ3n) is 5.65. The van der Waals surface area contributed by atoms with Crippen LogP contribution in [-0.4, -0.2) is 18.2 Å². The van der Waals surface area contributed by atoms with Gasteiger partial charge < -0.3 is 9.84 Å². The second-order valence-corrected chi connectivity index (χ2v) is 6.72. The number of hydrogen-bond donors (Lipinski definition) is 1. The van der Waals surface area contributed by atoms with Crippen molar-refractivity contribution in [2.45, 2.75) is 17.8 Å². The second kappa shape index (κ2) is 5.52. The molecular formula is C21H20O3. The highest BCUT2D eigenvalue weighted by molar-refractivity contribution is 5.77. The van der Waals surface area contributed by atoms with E-state index in [1.54, 1.807) is 7.11 Å². The highest BCUT2D eigenvalue weighted by Crippen LogP contribution is 2.62. The van der Waals surface area contributed by atoms with Crippen LogP contribution in [0.25, 0.3) is 0 Å². The number of fused-ring (bicyclic) bond motifs is 2. The summed E-state index contributed by atoms with van der Waals surface area (Å²) in [4.78, 5) is 12.3. The van der Waals surface area contributed by atoms with Crippen LogP contribution in [0, 0.1) is 11.8 Å². The van der Waals surface area contributed by atoms with Gasteiger partial charge >= 0.3 is 5.97 Å². The minimum absolute atomic E-state index is 0.00128. The van der Waals surface area contributed by atoms with Gasteiger partial charge in [0, 0.05) is 16.9 Å². The SMILES string of the molecule is COc1ccccc1C12C=CC(C1)C(c1ccccc1)C2C(=O)O. The summed E-state index contributed by atoms with van der Waals surface area (Å²) in [5.41, 5.74) is 1.59. The van der Waals surface area contributed by atoms with Crippen molar-refractivity contribution in [1.82, 2.24) is 0 Å². The zero-order valence-electron chi connectivity index (χ0n) is 13.6. The Hall–Kier alpha value is -2.55. The molecular weight excluding hydrogens is 300 g/mol. The summed E-state index contributed by atoms with van der Waals surface area (Å²) < 4.78 is 5.55. The number of benzene rings is 2. The number of ether oxygens (including phenoxy) is 1. The standard InChI is InChI=1S/C21H20O3/c1-24-17-10-6-5-9-16(17)21-12-11-15(13-21)18(19(21)20(22)23)14-7-3-2-4-8-14/h2-12,15,18-19H,13H2,1H3,(H,22,23). The molecule has 2 aromatic rings. The average molecular weight is 320 g/mol. The number of carboxylic acids is 1. The number of rotatable bonds is 4. The molecule has 4 rings (SSSR count). The summed E-state index contributed by atoms with van der Waals surface area (Å²) in [6, 6.07) is 17.8. The van der Waals surface area contributed by atoms with Crippen molar-refractivity contribution in [3.05, 3.63) is 77.9 Å². The molecule has 1 fully saturated rings. The minimum atomic E-state index is -0.735. The second-order valence-electron chi connectivity index (χ2n) is 6.72. The first-order valence-corrected chi connectivity index (χ1v) is 8.28.